The number of hydrogen-bond donors (Lipinski definition) is 1. The molecule has 0 amide bonds. The minimum absolute atomic E-state index is 0.0813. The van der Waals surface area contributed by atoms with E-state index in [9.17, 15) is 0 Å². The predicted octanol–water partition coefficient (Wildman–Crippen LogP) is 4.75. The normalized spacial score (nSPS) is 13.6. The zero-order chi connectivity index (χ0) is 13.3. The van der Waals surface area contributed by atoms with Gasteiger partial charge in [-0.3, -0.25) is 0 Å². The third-order valence-corrected chi connectivity index (χ3v) is 4.47. The first kappa shape index (κ1) is 13.6. The quantitative estimate of drug-likeness (QED) is 0.844. The zero-order valence-corrected chi connectivity index (χ0v) is 12.5. The Morgan fingerprint density at radius 1 is 1.17 bits per heavy atom. The van der Waals surface area contributed by atoms with Crippen molar-refractivity contribution in [3.8, 4) is 0 Å². The summed E-state index contributed by atoms with van der Waals surface area (Å²) in [7, 11) is 0. The van der Waals surface area contributed by atoms with Crippen LogP contribution in [0.1, 0.15) is 42.8 Å². The number of nitrogens with two attached hydrogens (primary N) is 1. The highest BCUT2D eigenvalue weighted by atomic mass is 35.5. The molecule has 0 bridgehead atoms. The van der Waals surface area contributed by atoms with Gasteiger partial charge in [0.1, 0.15) is 0 Å². The van der Waals surface area contributed by atoms with Crippen LogP contribution in [0.3, 0.4) is 0 Å². The summed E-state index contributed by atoms with van der Waals surface area (Å²) in [6.45, 7) is 6.61. The third-order valence-electron chi connectivity index (χ3n) is 3.03. The van der Waals surface area contributed by atoms with E-state index in [-0.39, 0.29) is 11.5 Å². The molecule has 18 heavy (non-hydrogen) atoms. The second-order valence-corrected chi connectivity index (χ2v) is 6.80. The van der Waals surface area contributed by atoms with Crippen LogP contribution in [0.25, 0.3) is 0 Å². The van der Waals surface area contributed by atoms with Crippen molar-refractivity contribution in [3.05, 3.63) is 56.7 Å². The van der Waals surface area contributed by atoms with Crippen molar-refractivity contribution in [2.45, 2.75) is 32.2 Å². The number of hydrogen-bond acceptors (Lipinski definition) is 2. The molecule has 0 saturated heterocycles. The Balaban J connectivity index is 2.49. The van der Waals surface area contributed by atoms with E-state index in [1.807, 2.05) is 17.5 Å². The van der Waals surface area contributed by atoms with Gasteiger partial charge in [-0.05, 0) is 28.0 Å². The van der Waals surface area contributed by atoms with E-state index in [2.05, 4.69) is 39.0 Å². The average molecular weight is 280 g/mol. The predicted molar refractivity (Wildman–Crippen MR) is 80.5 cm³/mol. The van der Waals surface area contributed by atoms with Crippen LogP contribution in [-0.2, 0) is 5.41 Å². The highest BCUT2D eigenvalue weighted by Crippen LogP contribution is 2.36. The summed E-state index contributed by atoms with van der Waals surface area (Å²) in [5.74, 6) is 0. The van der Waals surface area contributed by atoms with E-state index in [4.69, 9.17) is 17.3 Å². The Kier molecular flexibility index (Phi) is 3.81. The molecule has 1 unspecified atom stereocenters. The molecule has 0 aliphatic rings. The summed E-state index contributed by atoms with van der Waals surface area (Å²) in [6, 6.07) is 10.1. The van der Waals surface area contributed by atoms with E-state index in [1.165, 1.54) is 5.56 Å². The SMILES string of the molecule is CC(C)(C)c1ccccc1C(N)c1sccc1Cl. The molecule has 2 aromatic rings. The molecule has 1 heterocycles. The molecule has 0 saturated carbocycles. The number of thiophene rings is 1. The molecule has 0 aliphatic carbocycles. The van der Waals surface area contributed by atoms with Crippen molar-refractivity contribution >= 4 is 22.9 Å². The molecule has 2 rings (SSSR count). The van der Waals surface area contributed by atoms with Gasteiger partial charge in [-0.25, -0.2) is 0 Å². The maximum atomic E-state index is 6.39. The van der Waals surface area contributed by atoms with Gasteiger partial charge in [-0.1, -0.05) is 56.6 Å². The smallest absolute Gasteiger partial charge is 0.0663 e. The Hall–Kier alpha value is -0.830. The molecule has 1 atom stereocenters. The molecule has 0 radical (unpaired) electrons. The van der Waals surface area contributed by atoms with E-state index in [0.717, 1.165) is 15.5 Å². The number of benzene rings is 1. The maximum absolute atomic E-state index is 6.39. The van der Waals surface area contributed by atoms with Crippen molar-refractivity contribution in [3.63, 3.8) is 0 Å². The molecule has 2 N–H and O–H groups in total. The van der Waals surface area contributed by atoms with Crippen LogP contribution in [0.2, 0.25) is 5.02 Å². The van der Waals surface area contributed by atoms with Crippen molar-refractivity contribution in [2.75, 3.05) is 0 Å². The summed E-state index contributed by atoms with van der Waals surface area (Å²) < 4.78 is 0. The lowest BCUT2D eigenvalue weighted by molar-refractivity contribution is 0.578. The lowest BCUT2D eigenvalue weighted by atomic mass is 9.82. The fraction of sp³-hybridized carbons (Fsp3) is 0.333. The van der Waals surface area contributed by atoms with Crippen LogP contribution in [0.5, 0.6) is 0 Å². The largest absolute Gasteiger partial charge is 0.320 e. The summed E-state index contributed by atoms with van der Waals surface area (Å²) in [6.07, 6.45) is 0. The van der Waals surface area contributed by atoms with Crippen LogP contribution in [0.4, 0.5) is 0 Å². The molecule has 1 nitrogen and oxygen atoms in total. The summed E-state index contributed by atoms with van der Waals surface area (Å²) in [5.41, 5.74) is 8.91. The fourth-order valence-electron chi connectivity index (χ4n) is 2.12. The molecule has 1 aromatic carbocycles. The van der Waals surface area contributed by atoms with E-state index in [0.29, 0.717) is 0 Å². The van der Waals surface area contributed by atoms with Crippen molar-refractivity contribution < 1.29 is 0 Å². The number of halogens is 1. The Labute approximate surface area is 118 Å². The Bertz CT molecular complexity index is 539. The van der Waals surface area contributed by atoms with Crippen LogP contribution >= 0.6 is 22.9 Å². The van der Waals surface area contributed by atoms with Crippen LogP contribution < -0.4 is 5.73 Å². The Morgan fingerprint density at radius 3 is 2.39 bits per heavy atom. The molecule has 0 aliphatic heterocycles. The molecule has 96 valence electrons. The fourth-order valence-corrected chi connectivity index (χ4v) is 3.31. The highest BCUT2D eigenvalue weighted by molar-refractivity contribution is 7.10. The summed E-state index contributed by atoms with van der Waals surface area (Å²) >= 11 is 7.80. The van der Waals surface area contributed by atoms with E-state index >= 15 is 0 Å². The average Bonchev–Trinajstić information content (AvgIpc) is 2.73. The monoisotopic (exact) mass is 279 g/mol. The molecule has 0 spiro atoms. The second kappa shape index (κ2) is 5.04. The molecular formula is C15H18ClNS. The standard InChI is InChI=1S/C15H18ClNS/c1-15(2,3)11-7-5-4-6-10(11)13(17)14-12(16)8-9-18-14/h4-9,13H,17H2,1-3H3. The van der Waals surface area contributed by atoms with Gasteiger partial charge in [0.15, 0.2) is 0 Å². The van der Waals surface area contributed by atoms with Gasteiger partial charge in [-0.15, -0.1) is 11.3 Å². The lowest BCUT2D eigenvalue weighted by Gasteiger charge is -2.25. The first-order valence-electron chi connectivity index (χ1n) is 5.99. The van der Waals surface area contributed by atoms with Crippen molar-refractivity contribution in [1.29, 1.82) is 0 Å². The Morgan fingerprint density at radius 2 is 1.83 bits per heavy atom. The van der Waals surface area contributed by atoms with E-state index in [1.54, 1.807) is 11.3 Å². The third kappa shape index (κ3) is 2.61. The first-order valence-corrected chi connectivity index (χ1v) is 7.25. The van der Waals surface area contributed by atoms with Gasteiger partial charge in [0.2, 0.25) is 0 Å². The molecule has 0 fully saturated rings. The van der Waals surface area contributed by atoms with Gasteiger partial charge in [-0.2, -0.15) is 0 Å². The first-order chi connectivity index (χ1) is 8.41. The zero-order valence-electron chi connectivity index (χ0n) is 10.9. The minimum Gasteiger partial charge on any atom is -0.320 e. The molecule has 3 heteroatoms. The molecular weight excluding hydrogens is 262 g/mol. The van der Waals surface area contributed by atoms with Gasteiger partial charge in [0.05, 0.1) is 11.1 Å². The molecule has 1 aromatic heterocycles. The van der Waals surface area contributed by atoms with Crippen LogP contribution in [0.15, 0.2) is 35.7 Å². The highest BCUT2D eigenvalue weighted by Gasteiger charge is 2.23. The minimum atomic E-state index is -0.145. The second-order valence-electron chi connectivity index (χ2n) is 5.45. The summed E-state index contributed by atoms with van der Waals surface area (Å²) in [4.78, 5) is 1.04. The van der Waals surface area contributed by atoms with Crippen LogP contribution in [0, 0.1) is 0 Å². The number of rotatable bonds is 2. The lowest BCUT2D eigenvalue weighted by Crippen LogP contribution is -2.20. The van der Waals surface area contributed by atoms with Gasteiger partial charge < -0.3 is 5.73 Å². The topological polar surface area (TPSA) is 26.0 Å². The summed E-state index contributed by atoms with van der Waals surface area (Å²) in [5, 5.41) is 2.74. The maximum Gasteiger partial charge on any atom is 0.0663 e. The van der Waals surface area contributed by atoms with Crippen LogP contribution in [-0.4, -0.2) is 0 Å². The van der Waals surface area contributed by atoms with Gasteiger partial charge >= 0.3 is 0 Å². The van der Waals surface area contributed by atoms with Crippen molar-refractivity contribution in [2.24, 2.45) is 5.73 Å². The van der Waals surface area contributed by atoms with Crippen molar-refractivity contribution in [1.82, 2.24) is 0 Å². The van der Waals surface area contributed by atoms with E-state index < -0.39 is 0 Å². The van der Waals surface area contributed by atoms with Gasteiger partial charge in [0, 0.05) is 4.88 Å². The van der Waals surface area contributed by atoms with Gasteiger partial charge in [0.25, 0.3) is 0 Å².